The number of nitrogens with zero attached hydrogens (tertiary/aromatic N) is 4. The number of aromatic amines is 1. The van der Waals surface area contributed by atoms with Crippen LogP contribution in [0.1, 0.15) is 25.5 Å². The summed E-state index contributed by atoms with van der Waals surface area (Å²) in [4.78, 5) is 40.2. The van der Waals surface area contributed by atoms with Gasteiger partial charge in [0.1, 0.15) is 0 Å². The van der Waals surface area contributed by atoms with Gasteiger partial charge in [-0.2, -0.15) is 0 Å². The standard InChI is InChI=1S/C19H22ClN7O2/c1-12(28)27-6-3-14(4-7-27)25-19-24-11-16(20)18(26-19)13(9-21)10-23-15-2-5-22-17(29)8-15/h2,5,8-11,14H,3-4,6-7,21H2,1H3,(H,22,29)(H,24,25,26)/b13-9+,23-10?. The monoisotopic (exact) mass is 415 g/mol. The molecule has 0 unspecified atom stereocenters. The van der Waals surface area contributed by atoms with Crippen LogP contribution in [0, 0.1) is 0 Å². The van der Waals surface area contributed by atoms with E-state index in [1.807, 2.05) is 4.90 Å². The van der Waals surface area contributed by atoms with Gasteiger partial charge in [-0.3, -0.25) is 14.6 Å². The zero-order chi connectivity index (χ0) is 20.8. The predicted molar refractivity (Wildman–Crippen MR) is 113 cm³/mol. The van der Waals surface area contributed by atoms with Gasteiger partial charge in [0.05, 0.1) is 22.6 Å². The number of pyridine rings is 1. The highest BCUT2D eigenvalue weighted by Gasteiger charge is 2.21. The van der Waals surface area contributed by atoms with Crippen molar-refractivity contribution in [3.8, 4) is 0 Å². The van der Waals surface area contributed by atoms with Crippen LogP contribution >= 0.6 is 11.6 Å². The maximum Gasteiger partial charge on any atom is 0.250 e. The Morgan fingerprint density at radius 2 is 2.21 bits per heavy atom. The maximum absolute atomic E-state index is 11.5. The summed E-state index contributed by atoms with van der Waals surface area (Å²) in [7, 11) is 0. The van der Waals surface area contributed by atoms with Crippen LogP contribution in [0.5, 0.6) is 0 Å². The Balaban J connectivity index is 1.74. The number of carbonyl (C=O) groups is 1. The predicted octanol–water partition coefficient (Wildman–Crippen LogP) is 1.94. The third-order valence-corrected chi connectivity index (χ3v) is 4.86. The minimum absolute atomic E-state index is 0.0888. The van der Waals surface area contributed by atoms with E-state index >= 15 is 0 Å². The minimum Gasteiger partial charge on any atom is -0.404 e. The van der Waals surface area contributed by atoms with Gasteiger partial charge in [-0.25, -0.2) is 9.97 Å². The molecule has 0 radical (unpaired) electrons. The molecule has 0 aromatic carbocycles. The average Bonchev–Trinajstić information content (AvgIpc) is 2.71. The fourth-order valence-corrected chi connectivity index (χ4v) is 3.20. The molecular weight excluding hydrogens is 394 g/mol. The van der Waals surface area contributed by atoms with Gasteiger partial charge in [0.25, 0.3) is 0 Å². The zero-order valence-electron chi connectivity index (χ0n) is 15.9. The first-order valence-electron chi connectivity index (χ1n) is 9.16. The van der Waals surface area contributed by atoms with Crippen molar-refractivity contribution in [2.75, 3.05) is 18.4 Å². The number of anilines is 1. The quantitative estimate of drug-likeness (QED) is 0.640. The molecule has 0 atom stereocenters. The first-order chi connectivity index (χ1) is 14.0. The number of hydrogen-bond donors (Lipinski definition) is 3. The fraction of sp³-hybridized carbons (Fsp3) is 0.316. The lowest BCUT2D eigenvalue weighted by molar-refractivity contribution is -0.129. The van der Waals surface area contributed by atoms with E-state index in [9.17, 15) is 9.59 Å². The maximum atomic E-state index is 11.5. The van der Waals surface area contributed by atoms with Crippen molar-refractivity contribution in [2.45, 2.75) is 25.8 Å². The highest BCUT2D eigenvalue weighted by molar-refractivity contribution is 6.33. The Hall–Kier alpha value is -3.20. The molecule has 0 bridgehead atoms. The molecule has 29 heavy (non-hydrogen) atoms. The molecule has 4 N–H and O–H groups in total. The van der Waals surface area contributed by atoms with Gasteiger partial charge in [-0.15, -0.1) is 0 Å². The number of nitrogens with two attached hydrogens (primary N) is 1. The molecule has 1 fully saturated rings. The molecule has 0 spiro atoms. The second-order valence-corrected chi connectivity index (χ2v) is 7.01. The van der Waals surface area contributed by atoms with Crippen molar-refractivity contribution in [3.63, 3.8) is 0 Å². The van der Waals surface area contributed by atoms with Crippen LogP contribution in [-0.4, -0.2) is 51.1 Å². The second-order valence-electron chi connectivity index (χ2n) is 6.61. The van der Waals surface area contributed by atoms with Crippen LogP contribution in [-0.2, 0) is 4.79 Å². The third kappa shape index (κ3) is 5.41. The molecule has 152 valence electrons. The van der Waals surface area contributed by atoms with Crippen molar-refractivity contribution < 1.29 is 4.79 Å². The Labute approximate surface area is 172 Å². The number of nitrogens with one attached hydrogen (secondary N) is 2. The summed E-state index contributed by atoms with van der Waals surface area (Å²) in [5.74, 6) is 0.514. The molecule has 1 aliphatic rings. The molecule has 0 aliphatic carbocycles. The van der Waals surface area contributed by atoms with E-state index in [0.717, 1.165) is 12.8 Å². The van der Waals surface area contributed by atoms with E-state index in [1.54, 1.807) is 13.0 Å². The van der Waals surface area contributed by atoms with Crippen LogP contribution in [0.2, 0.25) is 5.02 Å². The topological polar surface area (TPSA) is 129 Å². The molecule has 0 saturated carbocycles. The summed E-state index contributed by atoms with van der Waals surface area (Å²) >= 11 is 6.26. The highest BCUT2D eigenvalue weighted by Crippen LogP contribution is 2.23. The molecule has 3 heterocycles. The summed E-state index contributed by atoms with van der Waals surface area (Å²) < 4.78 is 0. The number of piperidine rings is 1. The largest absolute Gasteiger partial charge is 0.404 e. The first kappa shape index (κ1) is 20.5. The van der Waals surface area contributed by atoms with Gasteiger partial charge >= 0.3 is 0 Å². The summed E-state index contributed by atoms with van der Waals surface area (Å²) in [5, 5.41) is 3.62. The molecule has 1 saturated heterocycles. The zero-order valence-corrected chi connectivity index (χ0v) is 16.7. The van der Waals surface area contributed by atoms with Crippen molar-refractivity contribution in [1.82, 2.24) is 19.9 Å². The van der Waals surface area contributed by atoms with E-state index in [1.165, 1.54) is 30.9 Å². The minimum atomic E-state index is -0.250. The van der Waals surface area contributed by atoms with Crippen LogP contribution in [0.15, 0.2) is 40.5 Å². The highest BCUT2D eigenvalue weighted by atomic mass is 35.5. The molecule has 2 aromatic heterocycles. The normalized spacial score (nSPS) is 15.7. The molecule has 10 heteroatoms. The number of aromatic nitrogens is 3. The lowest BCUT2D eigenvalue weighted by atomic mass is 10.1. The van der Waals surface area contributed by atoms with Crippen molar-refractivity contribution in [1.29, 1.82) is 0 Å². The average molecular weight is 416 g/mol. The van der Waals surface area contributed by atoms with Gasteiger partial charge in [-0.1, -0.05) is 11.6 Å². The lowest BCUT2D eigenvalue weighted by Gasteiger charge is -2.31. The van der Waals surface area contributed by atoms with Crippen molar-refractivity contribution >= 4 is 40.9 Å². The summed E-state index contributed by atoms with van der Waals surface area (Å²) in [6.45, 7) is 2.98. The number of aliphatic imine (C=N–C) groups is 1. The van der Waals surface area contributed by atoms with Crippen LogP contribution < -0.4 is 16.6 Å². The second kappa shape index (κ2) is 9.33. The number of rotatable bonds is 5. The van der Waals surface area contributed by atoms with Gasteiger partial charge in [-0.05, 0) is 18.9 Å². The van der Waals surface area contributed by atoms with E-state index in [-0.39, 0.29) is 17.5 Å². The molecule has 2 aromatic rings. The Bertz CT molecular complexity index is 994. The van der Waals surface area contributed by atoms with Gasteiger partial charge in [0, 0.05) is 56.3 Å². The number of halogens is 1. The molecule has 1 amide bonds. The Kier molecular flexibility index (Phi) is 6.61. The van der Waals surface area contributed by atoms with E-state index < -0.39 is 0 Å². The Morgan fingerprint density at radius 3 is 2.86 bits per heavy atom. The molecule has 3 rings (SSSR count). The number of H-pyrrole nitrogens is 1. The molecule has 9 nitrogen and oxygen atoms in total. The number of carbonyl (C=O) groups excluding carboxylic acids is 1. The number of amides is 1. The van der Waals surface area contributed by atoms with Gasteiger partial charge in [0.15, 0.2) is 0 Å². The molecule has 1 aliphatic heterocycles. The van der Waals surface area contributed by atoms with Crippen molar-refractivity contribution in [3.05, 3.63) is 51.8 Å². The number of hydrogen-bond acceptors (Lipinski definition) is 7. The van der Waals surface area contributed by atoms with Gasteiger partial charge < -0.3 is 20.9 Å². The van der Waals surface area contributed by atoms with Crippen LogP contribution in [0.3, 0.4) is 0 Å². The summed E-state index contributed by atoms with van der Waals surface area (Å²) in [5.41, 5.74) is 6.90. The lowest BCUT2D eigenvalue weighted by Crippen LogP contribution is -2.41. The van der Waals surface area contributed by atoms with E-state index in [0.29, 0.717) is 41.0 Å². The van der Waals surface area contributed by atoms with Gasteiger partial charge in [0.2, 0.25) is 17.4 Å². The smallest absolute Gasteiger partial charge is 0.250 e. The summed E-state index contributed by atoms with van der Waals surface area (Å²) in [6.07, 6.45) is 7.48. The van der Waals surface area contributed by atoms with Crippen LogP contribution in [0.25, 0.3) is 5.57 Å². The van der Waals surface area contributed by atoms with E-state index in [4.69, 9.17) is 17.3 Å². The third-order valence-electron chi connectivity index (χ3n) is 4.58. The first-order valence-corrected chi connectivity index (χ1v) is 9.53. The molecular formula is C19H22ClN7O2. The number of likely N-dealkylation sites (tertiary alicyclic amines) is 1. The SMILES string of the molecule is CC(=O)N1CCC(Nc2ncc(Cl)c(/C(C=Nc3cc[nH]c(=O)c3)=C/N)n2)CC1. The fourth-order valence-electron chi connectivity index (χ4n) is 3.00. The Morgan fingerprint density at radius 1 is 1.45 bits per heavy atom. The van der Waals surface area contributed by atoms with Crippen LogP contribution in [0.4, 0.5) is 11.6 Å². The van der Waals surface area contributed by atoms with E-state index in [2.05, 4.69) is 25.3 Å². The van der Waals surface area contributed by atoms with Crippen molar-refractivity contribution in [2.24, 2.45) is 10.7 Å². The number of allylic oxidation sites excluding steroid dienone is 1. The summed E-state index contributed by atoms with van der Waals surface area (Å²) in [6, 6.07) is 3.19.